The highest BCUT2D eigenvalue weighted by Gasteiger charge is 2.22. The Labute approximate surface area is 111 Å². The molecule has 0 saturated carbocycles. The summed E-state index contributed by atoms with van der Waals surface area (Å²) < 4.78 is 7.31. The maximum atomic E-state index is 9.93. The Morgan fingerprint density at radius 1 is 1.50 bits per heavy atom. The van der Waals surface area contributed by atoms with E-state index in [9.17, 15) is 10.2 Å². The van der Waals surface area contributed by atoms with Crippen LogP contribution in [-0.4, -0.2) is 38.6 Å². The zero-order chi connectivity index (χ0) is 13.0. The molecule has 0 spiro atoms. The van der Waals surface area contributed by atoms with E-state index in [1.807, 2.05) is 0 Å². The number of aromatic nitrogens is 2. The summed E-state index contributed by atoms with van der Waals surface area (Å²) in [7, 11) is 0. The number of aliphatic hydroxyl groups excluding tert-OH is 2. The molecule has 0 radical (unpaired) electrons. The molecule has 1 aliphatic rings. The quantitative estimate of drug-likeness (QED) is 0.801. The van der Waals surface area contributed by atoms with E-state index in [-0.39, 0.29) is 6.23 Å². The molecule has 0 aromatic carbocycles. The largest absolute Gasteiger partial charge is 0.390 e. The first kappa shape index (κ1) is 13.8. The molecule has 2 heterocycles. The van der Waals surface area contributed by atoms with Gasteiger partial charge in [-0.1, -0.05) is 0 Å². The molecular formula is C12H19ClN2O3. The van der Waals surface area contributed by atoms with Crippen molar-refractivity contribution in [3.8, 4) is 0 Å². The van der Waals surface area contributed by atoms with Crippen LogP contribution in [-0.2, 0) is 4.74 Å². The topological polar surface area (TPSA) is 67.5 Å². The minimum absolute atomic E-state index is 0.0510. The average Bonchev–Trinajstić information content (AvgIpc) is 2.89. The van der Waals surface area contributed by atoms with Crippen LogP contribution in [0.15, 0.2) is 12.4 Å². The molecule has 0 aliphatic carbocycles. The van der Waals surface area contributed by atoms with Crippen molar-refractivity contribution in [2.45, 2.75) is 44.1 Å². The van der Waals surface area contributed by atoms with Crippen molar-refractivity contribution >= 4 is 11.6 Å². The Hall–Kier alpha value is -0.620. The second-order valence-electron chi connectivity index (χ2n) is 4.56. The molecule has 102 valence electrons. The number of halogens is 1. The maximum absolute atomic E-state index is 9.93. The van der Waals surface area contributed by atoms with Gasteiger partial charge in [-0.2, -0.15) is 5.10 Å². The molecule has 1 aliphatic heterocycles. The number of hydrogen-bond acceptors (Lipinski definition) is 4. The Morgan fingerprint density at radius 3 is 3.00 bits per heavy atom. The van der Waals surface area contributed by atoms with Crippen molar-refractivity contribution in [2.24, 2.45) is 0 Å². The van der Waals surface area contributed by atoms with Gasteiger partial charge in [-0.05, 0) is 25.7 Å². The number of nitrogens with zero attached hydrogens (tertiary/aromatic N) is 2. The SMILES string of the molecule is OC(CCCl)C(O)c1cnn([C@@H]2CCCCO2)c1. The summed E-state index contributed by atoms with van der Waals surface area (Å²) in [4.78, 5) is 0. The van der Waals surface area contributed by atoms with Gasteiger partial charge in [-0.25, -0.2) is 4.68 Å². The highest BCUT2D eigenvalue weighted by molar-refractivity contribution is 6.17. The fourth-order valence-corrected chi connectivity index (χ4v) is 2.31. The minimum Gasteiger partial charge on any atom is -0.390 e. The third-order valence-corrected chi connectivity index (χ3v) is 3.40. The molecule has 2 unspecified atom stereocenters. The number of rotatable bonds is 5. The predicted octanol–water partition coefficient (Wildman–Crippen LogP) is 1.61. The van der Waals surface area contributed by atoms with E-state index in [1.165, 1.54) is 0 Å². The third-order valence-electron chi connectivity index (χ3n) is 3.18. The highest BCUT2D eigenvalue weighted by atomic mass is 35.5. The van der Waals surface area contributed by atoms with Gasteiger partial charge in [0.05, 0.1) is 12.3 Å². The Morgan fingerprint density at radius 2 is 2.33 bits per heavy atom. The van der Waals surface area contributed by atoms with Crippen LogP contribution in [0.5, 0.6) is 0 Å². The van der Waals surface area contributed by atoms with Crippen LogP contribution in [0.25, 0.3) is 0 Å². The summed E-state index contributed by atoms with van der Waals surface area (Å²) in [5.41, 5.74) is 0.599. The van der Waals surface area contributed by atoms with Crippen molar-refractivity contribution in [1.29, 1.82) is 0 Å². The number of alkyl halides is 1. The molecule has 0 amide bonds. The van der Waals surface area contributed by atoms with E-state index in [4.69, 9.17) is 16.3 Å². The van der Waals surface area contributed by atoms with Gasteiger partial charge < -0.3 is 14.9 Å². The second-order valence-corrected chi connectivity index (χ2v) is 4.94. The van der Waals surface area contributed by atoms with Crippen LogP contribution in [0.1, 0.15) is 43.6 Å². The van der Waals surface area contributed by atoms with Gasteiger partial charge in [-0.3, -0.25) is 0 Å². The van der Waals surface area contributed by atoms with Crippen LogP contribution in [0.4, 0.5) is 0 Å². The van der Waals surface area contributed by atoms with Crippen molar-refractivity contribution < 1.29 is 14.9 Å². The molecule has 5 nitrogen and oxygen atoms in total. The predicted molar refractivity (Wildman–Crippen MR) is 67.4 cm³/mol. The second kappa shape index (κ2) is 6.52. The van der Waals surface area contributed by atoms with E-state index in [2.05, 4.69) is 5.10 Å². The first-order chi connectivity index (χ1) is 8.72. The van der Waals surface area contributed by atoms with Crippen LogP contribution in [0, 0.1) is 0 Å². The van der Waals surface area contributed by atoms with Gasteiger partial charge in [0.2, 0.25) is 0 Å². The van der Waals surface area contributed by atoms with E-state index in [0.29, 0.717) is 17.9 Å². The maximum Gasteiger partial charge on any atom is 0.150 e. The van der Waals surface area contributed by atoms with E-state index in [1.54, 1.807) is 17.1 Å². The Balaban J connectivity index is 2.00. The van der Waals surface area contributed by atoms with Gasteiger partial charge >= 0.3 is 0 Å². The zero-order valence-electron chi connectivity index (χ0n) is 10.2. The summed E-state index contributed by atoms with van der Waals surface area (Å²) >= 11 is 5.54. The van der Waals surface area contributed by atoms with E-state index >= 15 is 0 Å². The van der Waals surface area contributed by atoms with Gasteiger partial charge in [0.25, 0.3) is 0 Å². The molecule has 18 heavy (non-hydrogen) atoms. The summed E-state index contributed by atoms with van der Waals surface area (Å²) in [6, 6.07) is 0. The van der Waals surface area contributed by atoms with E-state index in [0.717, 1.165) is 25.9 Å². The molecule has 0 bridgehead atoms. The zero-order valence-corrected chi connectivity index (χ0v) is 11.0. The Kier molecular flexibility index (Phi) is 5.00. The molecule has 2 N–H and O–H groups in total. The number of ether oxygens (including phenoxy) is 1. The normalized spacial score (nSPS) is 23.8. The summed E-state index contributed by atoms with van der Waals surface area (Å²) in [5, 5.41) is 23.8. The van der Waals surface area contributed by atoms with Crippen molar-refractivity contribution in [2.75, 3.05) is 12.5 Å². The van der Waals surface area contributed by atoms with Crippen LogP contribution in [0.2, 0.25) is 0 Å². The van der Waals surface area contributed by atoms with Crippen molar-refractivity contribution in [3.63, 3.8) is 0 Å². The fraction of sp³-hybridized carbons (Fsp3) is 0.750. The molecule has 1 fully saturated rings. The lowest BCUT2D eigenvalue weighted by molar-refractivity contribution is -0.0398. The first-order valence-corrected chi connectivity index (χ1v) is 6.83. The van der Waals surface area contributed by atoms with Gasteiger partial charge in [0.15, 0.2) is 0 Å². The Bertz CT molecular complexity index is 366. The first-order valence-electron chi connectivity index (χ1n) is 6.30. The van der Waals surface area contributed by atoms with E-state index < -0.39 is 12.2 Å². The lowest BCUT2D eigenvalue weighted by Crippen LogP contribution is -2.19. The highest BCUT2D eigenvalue weighted by Crippen LogP contribution is 2.24. The number of aliphatic hydroxyl groups is 2. The lowest BCUT2D eigenvalue weighted by atomic mass is 10.1. The third kappa shape index (κ3) is 3.23. The standard InChI is InChI=1S/C12H19ClN2O3/c13-5-4-10(16)12(17)9-7-14-15(8-9)11-3-1-2-6-18-11/h7-8,10-12,16-17H,1-6H2/t10?,11-,12?/m0/s1. The molecular weight excluding hydrogens is 256 g/mol. The summed E-state index contributed by atoms with van der Waals surface area (Å²) in [5.74, 6) is 0.318. The average molecular weight is 275 g/mol. The number of hydrogen-bond donors (Lipinski definition) is 2. The van der Waals surface area contributed by atoms with Crippen molar-refractivity contribution in [1.82, 2.24) is 9.78 Å². The van der Waals surface area contributed by atoms with Gasteiger partial charge in [0, 0.05) is 24.2 Å². The summed E-state index contributed by atoms with van der Waals surface area (Å²) in [6.07, 6.45) is 4.95. The molecule has 3 atom stereocenters. The van der Waals surface area contributed by atoms with Crippen LogP contribution in [0.3, 0.4) is 0 Å². The van der Waals surface area contributed by atoms with Gasteiger partial charge in [0.1, 0.15) is 12.3 Å². The minimum atomic E-state index is -0.943. The summed E-state index contributed by atoms with van der Waals surface area (Å²) in [6.45, 7) is 0.747. The molecule has 2 rings (SSSR count). The molecule has 1 saturated heterocycles. The van der Waals surface area contributed by atoms with Crippen molar-refractivity contribution in [3.05, 3.63) is 18.0 Å². The van der Waals surface area contributed by atoms with Crippen LogP contribution < -0.4 is 0 Å². The van der Waals surface area contributed by atoms with Crippen LogP contribution >= 0.6 is 11.6 Å². The molecule has 1 aromatic heterocycles. The van der Waals surface area contributed by atoms with Gasteiger partial charge in [-0.15, -0.1) is 11.6 Å². The smallest absolute Gasteiger partial charge is 0.150 e. The lowest BCUT2D eigenvalue weighted by Gasteiger charge is -2.22. The fourth-order valence-electron chi connectivity index (χ4n) is 2.09. The molecule has 6 heteroatoms. The molecule has 1 aromatic rings. The monoisotopic (exact) mass is 274 g/mol.